The number of carbonyl (C=O) groups is 1. The largest absolute Gasteiger partial charge is 0.394 e. The second-order valence-corrected chi connectivity index (χ2v) is 4.61. The number of hydrogen-bond acceptors (Lipinski definition) is 4. The lowest BCUT2D eigenvalue weighted by Crippen LogP contribution is -2.44. The molecule has 1 unspecified atom stereocenters. The topological polar surface area (TPSA) is 72.8 Å². The van der Waals surface area contributed by atoms with E-state index in [4.69, 9.17) is 10.2 Å². The summed E-state index contributed by atoms with van der Waals surface area (Å²) < 4.78 is 0. The van der Waals surface area contributed by atoms with Gasteiger partial charge in [-0.25, -0.2) is 0 Å². The molecule has 1 aliphatic rings. The lowest BCUT2D eigenvalue weighted by Gasteiger charge is -2.23. The summed E-state index contributed by atoms with van der Waals surface area (Å²) in [7, 11) is 0. The molecular formula is C12H24N2O3. The van der Waals surface area contributed by atoms with Gasteiger partial charge in [-0.2, -0.15) is 0 Å². The number of aliphatic hydroxyl groups is 2. The zero-order chi connectivity index (χ0) is 12.7. The van der Waals surface area contributed by atoms with E-state index in [0.29, 0.717) is 13.0 Å². The van der Waals surface area contributed by atoms with Gasteiger partial charge in [-0.3, -0.25) is 9.69 Å². The van der Waals surface area contributed by atoms with Crippen molar-refractivity contribution < 1.29 is 15.0 Å². The highest BCUT2D eigenvalue weighted by molar-refractivity contribution is 5.82. The van der Waals surface area contributed by atoms with Gasteiger partial charge in [0.15, 0.2) is 0 Å². The Bertz CT molecular complexity index is 236. The van der Waals surface area contributed by atoms with Gasteiger partial charge in [0.2, 0.25) is 5.91 Å². The van der Waals surface area contributed by atoms with Crippen LogP contribution in [0.15, 0.2) is 0 Å². The summed E-state index contributed by atoms with van der Waals surface area (Å²) in [6.07, 6.45) is 2.74. The Kier molecular flexibility index (Phi) is 6.47. The minimum absolute atomic E-state index is 0.00113. The molecule has 3 N–H and O–H groups in total. The fraction of sp³-hybridized carbons (Fsp3) is 0.917. The number of likely N-dealkylation sites (tertiary alicyclic amines) is 1. The van der Waals surface area contributed by atoms with E-state index in [2.05, 4.69) is 17.1 Å². The molecule has 0 spiro atoms. The Hall–Kier alpha value is -0.650. The molecule has 0 aromatic carbocycles. The normalized spacial score (nSPS) is 22.6. The first kappa shape index (κ1) is 14.4. The molecule has 2 atom stereocenters. The van der Waals surface area contributed by atoms with Crippen LogP contribution in [-0.4, -0.2) is 59.4 Å². The van der Waals surface area contributed by atoms with E-state index in [-0.39, 0.29) is 18.6 Å². The molecule has 17 heavy (non-hydrogen) atoms. The van der Waals surface area contributed by atoms with Crippen LogP contribution in [0.1, 0.15) is 32.6 Å². The molecule has 0 radical (unpaired) electrons. The molecule has 100 valence electrons. The van der Waals surface area contributed by atoms with Crippen molar-refractivity contribution in [2.75, 3.05) is 26.2 Å². The predicted octanol–water partition coefficient (Wildman–Crippen LogP) is -0.280. The van der Waals surface area contributed by atoms with Crippen LogP contribution in [0.4, 0.5) is 0 Å². The van der Waals surface area contributed by atoms with Crippen LogP contribution < -0.4 is 5.32 Å². The quantitative estimate of drug-likeness (QED) is 0.576. The number of nitrogens with one attached hydrogen (secondary N) is 1. The molecule has 0 saturated carbocycles. The summed E-state index contributed by atoms with van der Waals surface area (Å²) in [5.74, 6) is 0.0566. The molecule has 0 aliphatic carbocycles. The Labute approximate surface area is 103 Å². The average molecular weight is 244 g/mol. The van der Waals surface area contributed by atoms with Crippen molar-refractivity contribution in [3.63, 3.8) is 0 Å². The van der Waals surface area contributed by atoms with E-state index >= 15 is 0 Å². The molecule has 1 rings (SSSR count). The van der Waals surface area contributed by atoms with Gasteiger partial charge in [0.1, 0.15) is 0 Å². The van der Waals surface area contributed by atoms with Crippen LogP contribution in [0.3, 0.4) is 0 Å². The standard InChI is InChI=1S/C12H24N2O3/c1-2-7-14-8-3-4-11(14)12(17)13-6-5-10(16)9-15/h10-11,15-16H,2-9H2,1H3,(H,13,17)/t10-,11?/m0/s1. The third-order valence-corrected chi connectivity index (χ3v) is 3.16. The fourth-order valence-electron chi connectivity index (χ4n) is 2.25. The zero-order valence-electron chi connectivity index (χ0n) is 10.6. The molecule has 0 aromatic heterocycles. The van der Waals surface area contributed by atoms with E-state index in [1.54, 1.807) is 0 Å². The summed E-state index contributed by atoms with van der Waals surface area (Å²) in [6, 6.07) is 0.00113. The summed E-state index contributed by atoms with van der Waals surface area (Å²) >= 11 is 0. The van der Waals surface area contributed by atoms with Crippen LogP contribution in [0.25, 0.3) is 0 Å². The highest BCUT2D eigenvalue weighted by Crippen LogP contribution is 2.17. The van der Waals surface area contributed by atoms with Crippen LogP contribution in [0.5, 0.6) is 0 Å². The van der Waals surface area contributed by atoms with Crippen molar-refractivity contribution in [3.05, 3.63) is 0 Å². The second-order valence-electron chi connectivity index (χ2n) is 4.61. The maximum atomic E-state index is 11.9. The van der Waals surface area contributed by atoms with Crippen molar-refractivity contribution in [1.29, 1.82) is 0 Å². The summed E-state index contributed by atoms with van der Waals surface area (Å²) in [5, 5.41) is 20.6. The highest BCUT2D eigenvalue weighted by Gasteiger charge is 2.29. The minimum atomic E-state index is -0.731. The van der Waals surface area contributed by atoms with Crippen molar-refractivity contribution in [1.82, 2.24) is 10.2 Å². The number of hydrogen-bond donors (Lipinski definition) is 3. The van der Waals surface area contributed by atoms with E-state index in [1.165, 1.54) is 0 Å². The van der Waals surface area contributed by atoms with E-state index in [9.17, 15) is 4.79 Å². The zero-order valence-corrected chi connectivity index (χ0v) is 10.6. The Balaban J connectivity index is 2.26. The van der Waals surface area contributed by atoms with E-state index < -0.39 is 6.10 Å². The summed E-state index contributed by atoms with van der Waals surface area (Å²) in [4.78, 5) is 14.1. The molecule has 1 heterocycles. The van der Waals surface area contributed by atoms with Crippen LogP contribution >= 0.6 is 0 Å². The van der Waals surface area contributed by atoms with Crippen molar-refractivity contribution in [2.45, 2.75) is 44.8 Å². The van der Waals surface area contributed by atoms with Crippen LogP contribution in [0, 0.1) is 0 Å². The smallest absolute Gasteiger partial charge is 0.237 e. The van der Waals surface area contributed by atoms with E-state index in [1.807, 2.05) is 0 Å². The molecule has 1 amide bonds. The molecular weight excluding hydrogens is 220 g/mol. The third-order valence-electron chi connectivity index (χ3n) is 3.16. The van der Waals surface area contributed by atoms with Gasteiger partial charge in [-0.1, -0.05) is 6.92 Å². The molecule has 0 aromatic rings. The maximum absolute atomic E-state index is 11.9. The first-order valence-corrected chi connectivity index (χ1v) is 6.49. The average Bonchev–Trinajstić information content (AvgIpc) is 2.77. The fourth-order valence-corrected chi connectivity index (χ4v) is 2.25. The lowest BCUT2D eigenvalue weighted by molar-refractivity contribution is -0.125. The molecule has 1 saturated heterocycles. The molecule has 5 heteroatoms. The number of carbonyl (C=O) groups excluding carboxylic acids is 1. The lowest BCUT2D eigenvalue weighted by atomic mass is 10.2. The van der Waals surface area contributed by atoms with Gasteiger partial charge in [0.05, 0.1) is 18.8 Å². The van der Waals surface area contributed by atoms with Crippen LogP contribution in [-0.2, 0) is 4.79 Å². The van der Waals surface area contributed by atoms with Crippen molar-refractivity contribution in [2.24, 2.45) is 0 Å². The highest BCUT2D eigenvalue weighted by atomic mass is 16.3. The Morgan fingerprint density at radius 2 is 2.35 bits per heavy atom. The third kappa shape index (κ3) is 4.61. The van der Waals surface area contributed by atoms with Crippen molar-refractivity contribution in [3.8, 4) is 0 Å². The molecule has 5 nitrogen and oxygen atoms in total. The molecule has 1 aliphatic heterocycles. The second kappa shape index (κ2) is 7.63. The van der Waals surface area contributed by atoms with E-state index in [0.717, 1.165) is 32.4 Å². The van der Waals surface area contributed by atoms with Gasteiger partial charge in [-0.15, -0.1) is 0 Å². The minimum Gasteiger partial charge on any atom is -0.394 e. The predicted molar refractivity (Wildman–Crippen MR) is 65.6 cm³/mol. The number of aliphatic hydroxyl groups excluding tert-OH is 2. The number of amides is 1. The maximum Gasteiger partial charge on any atom is 0.237 e. The van der Waals surface area contributed by atoms with Gasteiger partial charge in [-0.05, 0) is 38.8 Å². The first-order valence-electron chi connectivity index (χ1n) is 6.49. The number of nitrogens with zero attached hydrogens (tertiary/aromatic N) is 1. The number of rotatable bonds is 7. The van der Waals surface area contributed by atoms with Gasteiger partial charge >= 0.3 is 0 Å². The van der Waals surface area contributed by atoms with Gasteiger partial charge in [0, 0.05) is 6.54 Å². The first-order chi connectivity index (χ1) is 8.19. The monoisotopic (exact) mass is 244 g/mol. The molecule has 1 fully saturated rings. The summed E-state index contributed by atoms with van der Waals surface area (Å²) in [6.45, 7) is 4.27. The van der Waals surface area contributed by atoms with Crippen molar-refractivity contribution >= 4 is 5.91 Å². The Morgan fingerprint density at radius 1 is 1.59 bits per heavy atom. The van der Waals surface area contributed by atoms with Crippen LogP contribution in [0.2, 0.25) is 0 Å². The summed E-state index contributed by atoms with van der Waals surface area (Å²) in [5.41, 5.74) is 0. The van der Waals surface area contributed by atoms with Gasteiger partial charge in [0.25, 0.3) is 0 Å². The van der Waals surface area contributed by atoms with Gasteiger partial charge < -0.3 is 15.5 Å². The SMILES string of the molecule is CCCN1CCCC1C(=O)NCC[C@H](O)CO. The Morgan fingerprint density at radius 3 is 3.00 bits per heavy atom. The molecule has 0 bridgehead atoms.